The van der Waals surface area contributed by atoms with Gasteiger partial charge in [-0.15, -0.1) is 0 Å². The quantitative estimate of drug-likeness (QED) is 0.377. The Hall–Kier alpha value is -2.33. The summed E-state index contributed by atoms with van der Waals surface area (Å²) in [6.07, 6.45) is 9.29. The molecule has 4 nitrogen and oxygen atoms in total. The number of allylic oxidation sites excluding steroid dienone is 5. The first-order chi connectivity index (χ1) is 12.7. The van der Waals surface area contributed by atoms with Crippen LogP contribution in [0.5, 0.6) is 11.5 Å². The summed E-state index contributed by atoms with van der Waals surface area (Å²) < 4.78 is 0. The van der Waals surface area contributed by atoms with Crippen molar-refractivity contribution in [2.75, 3.05) is 0 Å². The molecule has 0 radical (unpaired) electrons. The van der Waals surface area contributed by atoms with Crippen LogP contribution in [-0.2, 0) is 0 Å². The molecule has 1 aromatic rings. The van der Waals surface area contributed by atoms with Gasteiger partial charge in [0.15, 0.2) is 5.78 Å². The number of hydrogen-bond donors (Lipinski definition) is 3. The molecule has 1 atom stereocenters. The highest BCUT2D eigenvalue weighted by Crippen LogP contribution is 2.24. The number of aromatic hydroxyl groups is 2. The Balaban J connectivity index is 2.48. The second-order valence-corrected chi connectivity index (χ2v) is 7.28. The van der Waals surface area contributed by atoms with Gasteiger partial charge in [-0.2, -0.15) is 0 Å². The molecular weight excluding hydrogens is 340 g/mol. The van der Waals surface area contributed by atoms with Crippen molar-refractivity contribution in [2.24, 2.45) is 0 Å². The Kier molecular flexibility index (Phi) is 9.59. The topological polar surface area (TPSA) is 77.8 Å². The van der Waals surface area contributed by atoms with E-state index in [1.54, 1.807) is 0 Å². The first-order valence-corrected chi connectivity index (χ1v) is 9.39. The number of carbonyl (C=O) groups excluding carboxylic acids is 1. The van der Waals surface area contributed by atoms with Gasteiger partial charge < -0.3 is 15.3 Å². The number of rotatable bonds is 10. The molecular formula is C23H32O4. The molecule has 0 amide bonds. The van der Waals surface area contributed by atoms with Gasteiger partial charge in [0.1, 0.15) is 17.6 Å². The number of Topliss-reactive ketones (excluding diaryl/α,β-unsaturated/α-hetero) is 1. The summed E-state index contributed by atoms with van der Waals surface area (Å²) in [7, 11) is 0. The van der Waals surface area contributed by atoms with E-state index in [9.17, 15) is 20.1 Å². The highest BCUT2D eigenvalue weighted by molar-refractivity contribution is 6.01. The van der Waals surface area contributed by atoms with Crippen LogP contribution in [0.25, 0.3) is 0 Å². The minimum absolute atomic E-state index is 0.0151. The molecule has 0 aliphatic carbocycles. The van der Waals surface area contributed by atoms with E-state index < -0.39 is 11.9 Å². The lowest BCUT2D eigenvalue weighted by molar-refractivity contribution is 0.0749. The minimum atomic E-state index is -1.21. The highest BCUT2D eigenvalue weighted by atomic mass is 16.3. The number of carbonyl (C=O) groups is 1. The van der Waals surface area contributed by atoms with Crippen molar-refractivity contribution in [3.05, 3.63) is 58.7 Å². The Morgan fingerprint density at radius 1 is 0.963 bits per heavy atom. The van der Waals surface area contributed by atoms with E-state index in [1.807, 2.05) is 13.0 Å². The molecule has 148 valence electrons. The molecule has 0 aliphatic rings. The summed E-state index contributed by atoms with van der Waals surface area (Å²) in [5.74, 6) is -1.00. The van der Waals surface area contributed by atoms with Crippen LogP contribution in [0.2, 0.25) is 0 Å². The maximum absolute atomic E-state index is 12.2. The summed E-state index contributed by atoms with van der Waals surface area (Å²) >= 11 is 0. The van der Waals surface area contributed by atoms with Gasteiger partial charge in [0.2, 0.25) is 0 Å². The molecule has 0 fully saturated rings. The zero-order valence-electron chi connectivity index (χ0n) is 16.8. The van der Waals surface area contributed by atoms with Gasteiger partial charge >= 0.3 is 0 Å². The largest absolute Gasteiger partial charge is 0.508 e. The van der Waals surface area contributed by atoms with E-state index in [-0.39, 0.29) is 23.5 Å². The second-order valence-electron chi connectivity index (χ2n) is 7.28. The fraction of sp³-hybridized carbons (Fsp3) is 0.435. The van der Waals surface area contributed by atoms with Crippen molar-refractivity contribution < 1.29 is 20.1 Å². The van der Waals surface area contributed by atoms with Crippen molar-refractivity contribution in [3.8, 4) is 11.5 Å². The fourth-order valence-corrected chi connectivity index (χ4v) is 2.67. The van der Waals surface area contributed by atoms with Gasteiger partial charge in [0, 0.05) is 6.07 Å². The average Bonchev–Trinajstić information content (AvgIpc) is 2.58. The highest BCUT2D eigenvalue weighted by Gasteiger charge is 2.19. The van der Waals surface area contributed by atoms with Crippen molar-refractivity contribution in [2.45, 2.75) is 65.9 Å². The number of benzene rings is 1. The number of aliphatic hydroxyl groups excluding tert-OH is 1. The van der Waals surface area contributed by atoms with Crippen LogP contribution in [0, 0.1) is 0 Å². The Morgan fingerprint density at radius 3 is 2.15 bits per heavy atom. The normalized spacial score (nSPS) is 13.4. The smallest absolute Gasteiger partial charge is 0.195 e. The summed E-state index contributed by atoms with van der Waals surface area (Å²) in [5.41, 5.74) is 3.85. The van der Waals surface area contributed by atoms with Crippen LogP contribution in [0.15, 0.2) is 53.1 Å². The van der Waals surface area contributed by atoms with Crippen LogP contribution in [0.3, 0.4) is 0 Å². The van der Waals surface area contributed by atoms with Crippen molar-refractivity contribution >= 4 is 5.78 Å². The lowest BCUT2D eigenvalue weighted by Crippen LogP contribution is -2.19. The summed E-state index contributed by atoms with van der Waals surface area (Å²) in [6.45, 7) is 8.34. The second kappa shape index (κ2) is 11.4. The molecule has 3 N–H and O–H groups in total. The van der Waals surface area contributed by atoms with Gasteiger partial charge in [-0.05, 0) is 71.9 Å². The average molecular weight is 373 g/mol. The monoisotopic (exact) mass is 372 g/mol. The van der Waals surface area contributed by atoms with Gasteiger partial charge in [-0.25, -0.2) is 0 Å². The van der Waals surface area contributed by atoms with E-state index in [1.165, 1.54) is 23.3 Å². The number of phenolic OH excluding ortho intramolecular Hbond substituents is 2. The lowest BCUT2D eigenvalue weighted by Gasteiger charge is -2.10. The predicted molar refractivity (Wildman–Crippen MR) is 110 cm³/mol. The molecule has 4 heteroatoms. The van der Waals surface area contributed by atoms with Gasteiger partial charge in [0.05, 0.1) is 5.56 Å². The maximum Gasteiger partial charge on any atom is 0.195 e. The summed E-state index contributed by atoms with van der Waals surface area (Å²) in [6, 6.07) is 3.72. The van der Waals surface area contributed by atoms with Crippen molar-refractivity contribution in [1.82, 2.24) is 0 Å². The Morgan fingerprint density at radius 2 is 1.56 bits per heavy atom. The van der Waals surface area contributed by atoms with E-state index in [0.717, 1.165) is 37.3 Å². The standard InChI is InChI=1S/C23H32O4/c1-16(2)7-5-8-17(3)9-6-10-18(4)11-14-21(25)23(27)20-13-12-19(24)15-22(20)26/h7,9,11-13,15,21,24-26H,5-6,8,10,14H2,1-4H3/b17-9+,18-11+. The molecule has 1 unspecified atom stereocenters. The Bertz CT molecular complexity index is 722. The molecule has 1 aromatic carbocycles. The van der Waals surface area contributed by atoms with Gasteiger partial charge in [-0.1, -0.05) is 34.9 Å². The van der Waals surface area contributed by atoms with Crippen LogP contribution in [-0.4, -0.2) is 27.2 Å². The molecule has 0 aromatic heterocycles. The molecule has 0 spiro atoms. The van der Waals surface area contributed by atoms with Gasteiger partial charge in [-0.3, -0.25) is 4.79 Å². The van der Waals surface area contributed by atoms with Gasteiger partial charge in [0.25, 0.3) is 0 Å². The lowest BCUT2D eigenvalue weighted by atomic mass is 10.0. The first-order valence-electron chi connectivity index (χ1n) is 9.39. The summed E-state index contributed by atoms with van der Waals surface area (Å²) in [5, 5.41) is 29.1. The van der Waals surface area contributed by atoms with Crippen molar-refractivity contribution in [3.63, 3.8) is 0 Å². The van der Waals surface area contributed by atoms with Crippen LogP contribution < -0.4 is 0 Å². The molecule has 1 rings (SSSR count). The third kappa shape index (κ3) is 8.74. The van der Waals surface area contributed by atoms with E-state index in [2.05, 4.69) is 32.9 Å². The minimum Gasteiger partial charge on any atom is -0.508 e. The number of phenols is 2. The maximum atomic E-state index is 12.2. The molecule has 27 heavy (non-hydrogen) atoms. The van der Waals surface area contributed by atoms with Crippen molar-refractivity contribution in [1.29, 1.82) is 0 Å². The molecule has 0 saturated heterocycles. The zero-order chi connectivity index (χ0) is 20.4. The molecule has 0 bridgehead atoms. The van der Waals surface area contributed by atoms with Crippen LogP contribution >= 0.6 is 0 Å². The van der Waals surface area contributed by atoms with E-state index in [0.29, 0.717) is 0 Å². The predicted octanol–water partition coefficient (Wildman–Crippen LogP) is 5.45. The van der Waals surface area contributed by atoms with E-state index in [4.69, 9.17) is 0 Å². The Labute approximate surface area is 162 Å². The molecule has 0 saturated carbocycles. The third-order valence-corrected chi connectivity index (χ3v) is 4.36. The SMILES string of the molecule is CC(C)=CCC/C(C)=C/CC/C(C)=C/CC(O)C(=O)c1ccc(O)cc1O. The number of hydrogen-bond acceptors (Lipinski definition) is 4. The third-order valence-electron chi connectivity index (χ3n) is 4.36. The number of ketones is 1. The number of aliphatic hydroxyl groups is 1. The fourth-order valence-electron chi connectivity index (χ4n) is 2.67. The van der Waals surface area contributed by atoms with E-state index >= 15 is 0 Å². The first kappa shape index (κ1) is 22.7. The zero-order valence-corrected chi connectivity index (χ0v) is 16.8. The van der Waals surface area contributed by atoms with Crippen LogP contribution in [0.1, 0.15) is 70.2 Å². The van der Waals surface area contributed by atoms with Crippen LogP contribution in [0.4, 0.5) is 0 Å². The summed E-state index contributed by atoms with van der Waals surface area (Å²) in [4.78, 5) is 12.2. The molecule has 0 heterocycles. The molecule has 0 aliphatic heterocycles.